The van der Waals surface area contributed by atoms with Crippen LogP contribution in [0.25, 0.3) is 0 Å². The minimum atomic E-state index is 0.318. The zero-order valence-electron chi connectivity index (χ0n) is 13.5. The standard InChI is InChI=1S/C20H28O/c1-19-11-3-4-17(19)16-8-6-14-5-7-15(21)9-13-20(14,2)18(16)10-12-19/h3,6,11,16-18H,4-5,7-10,12-13H2,1-2H3. The number of rotatable bonds is 0. The second-order valence-corrected chi connectivity index (χ2v) is 8.48. The number of ketones is 1. The lowest BCUT2D eigenvalue weighted by atomic mass is 9.49. The molecule has 5 atom stereocenters. The molecule has 21 heavy (non-hydrogen) atoms. The predicted molar refractivity (Wildman–Crippen MR) is 85.9 cm³/mol. The molecule has 0 spiro atoms. The normalized spacial score (nSPS) is 49.0. The van der Waals surface area contributed by atoms with E-state index >= 15 is 0 Å². The smallest absolute Gasteiger partial charge is 0.133 e. The van der Waals surface area contributed by atoms with Crippen molar-refractivity contribution in [2.24, 2.45) is 28.6 Å². The van der Waals surface area contributed by atoms with Crippen molar-refractivity contribution in [3.63, 3.8) is 0 Å². The lowest BCUT2D eigenvalue weighted by Crippen LogP contribution is -2.47. The summed E-state index contributed by atoms with van der Waals surface area (Å²) < 4.78 is 0. The Morgan fingerprint density at radius 3 is 2.76 bits per heavy atom. The summed E-state index contributed by atoms with van der Waals surface area (Å²) in [5.74, 6) is 3.01. The van der Waals surface area contributed by atoms with Crippen molar-refractivity contribution in [2.75, 3.05) is 0 Å². The Morgan fingerprint density at radius 2 is 1.90 bits per heavy atom. The largest absolute Gasteiger partial charge is 0.300 e. The van der Waals surface area contributed by atoms with E-state index in [9.17, 15) is 4.79 Å². The van der Waals surface area contributed by atoms with Gasteiger partial charge in [0.2, 0.25) is 0 Å². The molecule has 0 radical (unpaired) electrons. The molecule has 2 fully saturated rings. The highest BCUT2D eigenvalue weighted by molar-refractivity contribution is 5.79. The second kappa shape index (κ2) is 4.57. The van der Waals surface area contributed by atoms with Crippen LogP contribution in [0.3, 0.4) is 0 Å². The first kappa shape index (κ1) is 13.8. The van der Waals surface area contributed by atoms with Gasteiger partial charge in [-0.15, -0.1) is 0 Å². The number of Topliss-reactive ketones (excluding diaryl/α,β-unsaturated/α-hetero) is 1. The molecule has 0 amide bonds. The summed E-state index contributed by atoms with van der Waals surface area (Å²) in [7, 11) is 0. The molecule has 1 nitrogen and oxygen atoms in total. The van der Waals surface area contributed by atoms with Gasteiger partial charge in [0.25, 0.3) is 0 Å². The molecule has 2 saturated carbocycles. The Kier molecular flexibility index (Phi) is 3.00. The molecule has 0 aromatic heterocycles. The van der Waals surface area contributed by atoms with Crippen LogP contribution in [-0.2, 0) is 4.79 Å². The molecule has 0 N–H and O–H groups in total. The summed E-state index contributed by atoms with van der Waals surface area (Å²) in [5.41, 5.74) is 2.41. The van der Waals surface area contributed by atoms with E-state index in [1.54, 1.807) is 5.57 Å². The molecule has 0 aromatic carbocycles. The highest BCUT2D eigenvalue weighted by Gasteiger charge is 2.53. The van der Waals surface area contributed by atoms with Crippen LogP contribution in [0.15, 0.2) is 23.8 Å². The molecule has 5 unspecified atom stereocenters. The maximum atomic E-state index is 11.9. The Bertz CT molecular complexity index is 528. The van der Waals surface area contributed by atoms with Crippen molar-refractivity contribution in [3.8, 4) is 0 Å². The van der Waals surface area contributed by atoms with Crippen molar-refractivity contribution >= 4 is 5.78 Å². The van der Waals surface area contributed by atoms with Gasteiger partial charge in [-0.25, -0.2) is 0 Å². The zero-order chi connectivity index (χ0) is 14.7. The second-order valence-electron chi connectivity index (χ2n) is 8.48. The third kappa shape index (κ3) is 1.92. The van der Waals surface area contributed by atoms with Crippen molar-refractivity contribution in [1.82, 2.24) is 0 Å². The van der Waals surface area contributed by atoms with Crippen LogP contribution in [0, 0.1) is 28.6 Å². The van der Waals surface area contributed by atoms with Gasteiger partial charge in [-0.2, -0.15) is 0 Å². The lowest BCUT2D eigenvalue weighted by molar-refractivity contribution is -0.119. The van der Waals surface area contributed by atoms with Gasteiger partial charge in [0.15, 0.2) is 0 Å². The zero-order valence-corrected chi connectivity index (χ0v) is 13.5. The molecule has 0 aliphatic heterocycles. The molecular weight excluding hydrogens is 256 g/mol. The fourth-order valence-corrected chi connectivity index (χ4v) is 6.17. The molecular formula is C20H28O. The van der Waals surface area contributed by atoms with E-state index < -0.39 is 0 Å². The fraction of sp³-hybridized carbons (Fsp3) is 0.750. The summed E-state index contributed by atoms with van der Waals surface area (Å²) in [4.78, 5) is 11.9. The van der Waals surface area contributed by atoms with Crippen LogP contribution < -0.4 is 0 Å². The summed E-state index contributed by atoms with van der Waals surface area (Å²) in [6, 6.07) is 0. The first-order chi connectivity index (χ1) is 10.0. The van der Waals surface area contributed by atoms with E-state index in [1.807, 2.05) is 0 Å². The summed E-state index contributed by atoms with van der Waals surface area (Å²) in [5, 5.41) is 0. The van der Waals surface area contributed by atoms with Gasteiger partial charge < -0.3 is 0 Å². The molecule has 0 heterocycles. The van der Waals surface area contributed by atoms with Gasteiger partial charge in [0.1, 0.15) is 5.78 Å². The number of hydrogen-bond donors (Lipinski definition) is 0. The van der Waals surface area contributed by atoms with E-state index in [0.29, 0.717) is 16.6 Å². The Labute approximate surface area is 128 Å². The van der Waals surface area contributed by atoms with Crippen LogP contribution in [0.4, 0.5) is 0 Å². The average molecular weight is 284 g/mol. The van der Waals surface area contributed by atoms with Crippen molar-refractivity contribution in [2.45, 2.75) is 65.2 Å². The van der Waals surface area contributed by atoms with Gasteiger partial charge in [0, 0.05) is 12.8 Å². The minimum absolute atomic E-state index is 0.318. The highest BCUT2D eigenvalue weighted by Crippen LogP contribution is 2.62. The van der Waals surface area contributed by atoms with Crippen LogP contribution in [0.1, 0.15) is 65.2 Å². The predicted octanol–water partition coefficient (Wildman–Crippen LogP) is 5.07. The number of carbonyl (C=O) groups is 1. The van der Waals surface area contributed by atoms with E-state index in [1.165, 1.54) is 25.7 Å². The monoisotopic (exact) mass is 284 g/mol. The Balaban J connectivity index is 1.69. The lowest BCUT2D eigenvalue weighted by Gasteiger charge is -2.55. The molecule has 0 saturated heterocycles. The van der Waals surface area contributed by atoms with E-state index in [4.69, 9.17) is 0 Å². The van der Waals surface area contributed by atoms with Gasteiger partial charge >= 0.3 is 0 Å². The first-order valence-electron chi connectivity index (χ1n) is 8.92. The Hall–Kier alpha value is -0.850. The summed E-state index contributed by atoms with van der Waals surface area (Å²) in [6.45, 7) is 4.97. The third-order valence-electron chi connectivity index (χ3n) is 7.55. The third-order valence-corrected chi connectivity index (χ3v) is 7.55. The minimum Gasteiger partial charge on any atom is -0.300 e. The van der Waals surface area contributed by atoms with Crippen LogP contribution in [0.2, 0.25) is 0 Å². The SMILES string of the molecule is CC12C=CCC1C1CC=C3CCC(=O)CCC3(C)C1CC2. The summed E-state index contributed by atoms with van der Waals surface area (Å²) in [6.07, 6.45) is 16.5. The molecule has 4 aliphatic rings. The molecule has 114 valence electrons. The van der Waals surface area contributed by atoms with E-state index in [0.717, 1.165) is 43.4 Å². The van der Waals surface area contributed by atoms with Gasteiger partial charge in [-0.1, -0.05) is 37.6 Å². The fourth-order valence-electron chi connectivity index (χ4n) is 6.17. The average Bonchev–Trinajstić information content (AvgIpc) is 2.79. The molecule has 4 rings (SSSR count). The first-order valence-corrected chi connectivity index (χ1v) is 8.92. The number of hydrogen-bond acceptors (Lipinski definition) is 1. The van der Waals surface area contributed by atoms with Crippen LogP contribution in [-0.4, -0.2) is 5.78 Å². The molecule has 0 bridgehead atoms. The van der Waals surface area contributed by atoms with Gasteiger partial charge in [0.05, 0.1) is 0 Å². The number of fused-ring (bicyclic) bond motifs is 5. The number of carbonyl (C=O) groups excluding carboxylic acids is 1. The van der Waals surface area contributed by atoms with Crippen molar-refractivity contribution < 1.29 is 4.79 Å². The van der Waals surface area contributed by atoms with Crippen LogP contribution >= 0.6 is 0 Å². The quantitative estimate of drug-likeness (QED) is 0.567. The Morgan fingerprint density at radius 1 is 1.05 bits per heavy atom. The number of allylic oxidation sites excluding steroid dienone is 4. The van der Waals surface area contributed by atoms with Crippen molar-refractivity contribution in [3.05, 3.63) is 23.8 Å². The maximum Gasteiger partial charge on any atom is 0.133 e. The van der Waals surface area contributed by atoms with Crippen molar-refractivity contribution in [1.29, 1.82) is 0 Å². The topological polar surface area (TPSA) is 17.1 Å². The van der Waals surface area contributed by atoms with E-state index in [2.05, 4.69) is 32.1 Å². The van der Waals surface area contributed by atoms with Gasteiger partial charge in [-0.05, 0) is 67.1 Å². The van der Waals surface area contributed by atoms with Crippen LogP contribution in [0.5, 0.6) is 0 Å². The molecule has 4 aliphatic carbocycles. The van der Waals surface area contributed by atoms with E-state index in [-0.39, 0.29) is 0 Å². The molecule has 0 aromatic rings. The molecule has 1 heteroatoms. The highest BCUT2D eigenvalue weighted by atomic mass is 16.1. The maximum absolute atomic E-state index is 11.9. The van der Waals surface area contributed by atoms with Gasteiger partial charge in [-0.3, -0.25) is 4.79 Å². The summed E-state index contributed by atoms with van der Waals surface area (Å²) >= 11 is 0.